The van der Waals surface area contributed by atoms with Crippen LogP contribution in [0.15, 0.2) is 30.5 Å². The first-order chi connectivity index (χ1) is 10.9. The molecule has 0 aliphatic heterocycles. The van der Waals surface area contributed by atoms with Crippen LogP contribution >= 0.6 is 0 Å². The van der Waals surface area contributed by atoms with Crippen molar-refractivity contribution in [2.75, 3.05) is 18.9 Å². The summed E-state index contributed by atoms with van der Waals surface area (Å²) >= 11 is 0. The number of aliphatic carboxylic acids is 1. The largest absolute Gasteiger partial charge is 0.481 e. The zero-order valence-electron chi connectivity index (χ0n) is 13.7. The van der Waals surface area contributed by atoms with Gasteiger partial charge in [0.2, 0.25) is 0 Å². The minimum absolute atomic E-state index is 0.162. The van der Waals surface area contributed by atoms with Gasteiger partial charge < -0.3 is 19.9 Å². The molecule has 0 saturated heterocycles. The van der Waals surface area contributed by atoms with Crippen LogP contribution in [0.4, 0.5) is 10.5 Å². The molecule has 6 heteroatoms. The minimum atomic E-state index is -0.913. The number of carbonyl (C=O) groups excluding carboxylic acids is 1. The molecule has 0 spiro atoms. The van der Waals surface area contributed by atoms with E-state index in [9.17, 15) is 9.59 Å². The summed E-state index contributed by atoms with van der Waals surface area (Å²) in [4.78, 5) is 24.4. The molecule has 1 atom stereocenters. The third-order valence-electron chi connectivity index (χ3n) is 3.81. The van der Waals surface area contributed by atoms with Gasteiger partial charge in [-0.3, -0.25) is 4.79 Å². The lowest BCUT2D eigenvalue weighted by molar-refractivity contribution is -0.141. The van der Waals surface area contributed by atoms with E-state index in [1.807, 2.05) is 24.4 Å². The standard InChI is InChI=1S/C17H23N3O3/c1-4-8-20-9-7-13-5-6-14(10-15(13)20)18-17(23)19(3)11-12(2)16(21)22/h5-7,9-10,12H,4,8,11H2,1-3H3,(H,18,23)(H,21,22). The second-order valence-electron chi connectivity index (χ2n) is 5.83. The first-order valence-corrected chi connectivity index (χ1v) is 7.76. The highest BCUT2D eigenvalue weighted by Gasteiger charge is 2.17. The maximum atomic E-state index is 12.2. The van der Waals surface area contributed by atoms with E-state index in [1.165, 1.54) is 4.90 Å². The van der Waals surface area contributed by atoms with Crippen LogP contribution in [0.1, 0.15) is 20.3 Å². The SMILES string of the molecule is CCCn1ccc2ccc(NC(=O)N(C)CC(C)C(=O)O)cc21. The van der Waals surface area contributed by atoms with Crippen molar-refractivity contribution in [2.24, 2.45) is 5.92 Å². The molecule has 0 aliphatic rings. The third-order valence-corrected chi connectivity index (χ3v) is 3.81. The number of aryl methyl sites for hydroxylation is 1. The van der Waals surface area contributed by atoms with Gasteiger partial charge in [0, 0.05) is 32.0 Å². The average Bonchev–Trinajstić information content (AvgIpc) is 2.90. The van der Waals surface area contributed by atoms with E-state index < -0.39 is 11.9 Å². The predicted molar refractivity (Wildman–Crippen MR) is 90.7 cm³/mol. The molecule has 0 radical (unpaired) electrons. The van der Waals surface area contributed by atoms with Crippen molar-refractivity contribution in [3.63, 3.8) is 0 Å². The van der Waals surface area contributed by atoms with Crippen LogP contribution in [0, 0.1) is 5.92 Å². The van der Waals surface area contributed by atoms with E-state index in [2.05, 4.69) is 22.9 Å². The number of urea groups is 1. The summed E-state index contributed by atoms with van der Waals surface area (Å²) < 4.78 is 2.15. The molecule has 2 aromatic rings. The van der Waals surface area contributed by atoms with Gasteiger partial charge in [-0.1, -0.05) is 19.9 Å². The van der Waals surface area contributed by atoms with Crippen molar-refractivity contribution < 1.29 is 14.7 Å². The minimum Gasteiger partial charge on any atom is -0.481 e. The summed E-state index contributed by atoms with van der Waals surface area (Å²) in [6.07, 6.45) is 3.08. The molecule has 1 unspecified atom stereocenters. The van der Waals surface area contributed by atoms with Gasteiger partial charge in [-0.25, -0.2) is 4.79 Å². The van der Waals surface area contributed by atoms with Gasteiger partial charge in [0.15, 0.2) is 0 Å². The molecule has 0 saturated carbocycles. The number of hydrogen-bond acceptors (Lipinski definition) is 2. The summed E-state index contributed by atoms with van der Waals surface area (Å²) in [6, 6.07) is 7.50. The molecule has 2 amide bonds. The van der Waals surface area contributed by atoms with Gasteiger partial charge in [0.25, 0.3) is 0 Å². The highest BCUT2D eigenvalue weighted by Crippen LogP contribution is 2.21. The molecular formula is C17H23N3O3. The van der Waals surface area contributed by atoms with Crippen LogP contribution in [0.2, 0.25) is 0 Å². The van der Waals surface area contributed by atoms with Gasteiger partial charge in [0.05, 0.1) is 11.4 Å². The Hall–Kier alpha value is -2.50. The zero-order valence-corrected chi connectivity index (χ0v) is 13.7. The number of benzene rings is 1. The summed E-state index contributed by atoms with van der Waals surface area (Å²) in [5.74, 6) is -1.52. The van der Waals surface area contributed by atoms with Crippen LogP contribution in [0.3, 0.4) is 0 Å². The van der Waals surface area contributed by atoms with E-state index in [-0.39, 0.29) is 12.6 Å². The van der Waals surface area contributed by atoms with Crippen molar-refractivity contribution >= 4 is 28.6 Å². The fraction of sp³-hybridized carbons (Fsp3) is 0.412. The van der Waals surface area contributed by atoms with Crippen molar-refractivity contribution in [2.45, 2.75) is 26.8 Å². The molecular weight excluding hydrogens is 294 g/mol. The van der Waals surface area contributed by atoms with E-state index in [4.69, 9.17) is 5.11 Å². The van der Waals surface area contributed by atoms with Crippen molar-refractivity contribution in [3.05, 3.63) is 30.5 Å². The van der Waals surface area contributed by atoms with Gasteiger partial charge in [-0.15, -0.1) is 0 Å². The second kappa shape index (κ2) is 7.17. The fourth-order valence-corrected chi connectivity index (χ4v) is 2.49. The number of aromatic nitrogens is 1. The number of carboxylic acid groups (broad SMARTS) is 1. The molecule has 0 aliphatic carbocycles. The van der Waals surface area contributed by atoms with Crippen LogP contribution < -0.4 is 5.32 Å². The highest BCUT2D eigenvalue weighted by molar-refractivity contribution is 5.93. The number of anilines is 1. The summed E-state index contributed by atoms with van der Waals surface area (Å²) in [5.41, 5.74) is 1.78. The number of carbonyl (C=O) groups is 2. The number of rotatable bonds is 6. The lowest BCUT2D eigenvalue weighted by Gasteiger charge is -2.20. The van der Waals surface area contributed by atoms with Gasteiger partial charge in [0.1, 0.15) is 0 Å². The zero-order chi connectivity index (χ0) is 17.0. The predicted octanol–water partition coefficient (Wildman–Crippen LogP) is 3.24. The molecule has 6 nitrogen and oxygen atoms in total. The lowest BCUT2D eigenvalue weighted by atomic mass is 10.2. The van der Waals surface area contributed by atoms with Gasteiger partial charge >= 0.3 is 12.0 Å². The Morgan fingerprint density at radius 2 is 2.09 bits per heavy atom. The topological polar surface area (TPSA) is 74.6 Å². The maximum Gasteiger partial charge on any atom is 0.321 e. The Morgan fingerprint density at radius 3 is 2.74 bits per heavy atom. The molecule has 1 aromatic heterocycles. The van der Waals surface area contributed by atoms with Crippen molar-refractivity contribution in [1.29, 1.82) is 0 Å². The van der Waals surface area contributed by atoms with Gasteiger partial charge in [-0.2, -0.15) is 0 Å². The Morgan fingerprint density at radius 1 is 1.35 bits per heavy atom. The number of fused-ring (bicyclic) bond motifs is 1. The molecule has 124 valence electrons. The Labute approximate surface area is 135 Å². The first-order valence-electron chi connectivity index (χ1n) is 7.76. The molecule has 0 bridgehead atoms. The van der Waals surface area contributed by atoms with Gasteiger partial charge in [-0.05, 0) is 30.0 Å². The Balaban J connectivity index is 2.10. The summed E-state index contributed by atoms with van der Waals surface area (Å²) in [5, 5.41) is 12.9. The normalized spacial score (nSPS) is 12.1. The van der Waals surface area contributed by atoms with Crippen LogP contribution in [-0.2, 0) is 11.3 Å². The number of hydrogen-bond donors (Lipinski definition) is 2. The molecule has 2 rings (SSSR count). The van der Waals surface area contributed by atoms with E-state index in [0.29, 0.717) is 5.69 Å². The monoisotopic (exact) mass is 317 g/mol. The maximum absolute atomic E-state index is 12.2. The summed E-state index contributed by atoms with van der Waals surface area (Å²) in [6.45, 7) is 4.79. The van der Waals surface area contributed by atoms with Crippen molar-refractivity contribution in [3.8, 4) is 0 Å². The average molecular weight is 317 g/mol. The lowest BCUT2D eigenvalue weighted by Crippen LogP contribution is -2.36. The number of amides is 2. The molecule has 2 N–H and O–H groups in total. The quantitative estimate of drug-likeness (QED) is 0.859. The van der Waals surface area contributed by atoms with E-state index in [0.717, 1.165) is 23.9 Å². The second-order valence-corrected chi connectivity index (χ2v) is 5.83. The van der Waals surface area contributed by atoms with Crippen LogP contribution in [0.25, 0.3) is 10.9 Å². The fourth-order valence-electron chi connectivity index (χ4n) is 2.49. The Kier molecular flexibility index (Phi) is 5.26. The van der Waals surface area contributed by atoms with E-state index in [1.54, 1.807) is 14.0 Å². The van der Waals surface area contributed by atoms with Crippen LogP contribution in [0.5, 0.6) is 0 Å². The third kappa shape index (κ3) is 4.03. The Bertz CT molecular complexity index is 708. The number of nitrogens with zero attached hydrogens (tertiary/aromatic N) is 2. The molecule has 23 heavy (non-hydrogen) atoms. The molecule has 1 aromatic carbocycles. The number of nitrogens with one attached hydrogen (secondary N) is 1. The van der Waals surface area contributed by atoms with Crippen LogP contribution in [-0.4, -0.2) is 40.2 Å². The number of carboxylic acids is 1. The van der Waals surface area contributed by atoms with E-state index >= 15 is 0 Å². The first kappa shape index (κ1) is 16.9. The summed E-state index contributed by atoms with van der Waals surface area (Å²) in [7, 11) is 1.59. The highest BCUT2D eigenvalue weighted by atomic mass is 16.4. The molecule has 1 heterocycles. The smallest absolute Gasteiger partial charge is 0.321 e. The van der Waals surface area contributed by atoms with Crippen molar-refractivity contribution in [1.82, 2.24) is 9.47 Å². The molecule has 0 fully saturated rings.